The van der Waals surface area contributed by atoms with E-state index in [1.807, 2.05) is 7.05 Å². The number of nitrogens with two attached hydrogens (primary N) is 1. The van der Waals surface area contributed by atoms with Crippen LogP contribution < -0.4 is 11.2 Å². The van der Waals surface area contributed by atoms with Crippen molar-refractivity contribution in [2.75, 3.05) is 33.4 Å². The quantitative estimate of drug-likeness (QED) is 0.299. The number of ether oxygens (including phenoxy) is 1. The van der Waals surface area contributed by atoms with Gasteiger partial charge >= 0.3 is 0 Å². The smallest absolute Gasteiger partial charge is 0.0682 e. The minimum atomic E-state index is 0.643. The van der Waals surface area contributed by atoms with Crippen molar-refractivity contribution in [3.05, 3.63) is 0 Å². The highest BCUT2D eigenvalue weighted by Gasteiger charge is 1.94. The fourth-order valence-electron chi connectivity index (χ4n) is 2.43. The molecule has 0 unspecified atom stereocenters. The lowest BCUT2D eigenvalue weighted by Gasteiger charge is -2.04. The predicted molar refractivity (Wildman–Crippen MR) is 90.3 cm³/mol. The van der Waals surface area contributed by atoms with Crippen LogP contribution in [0.2, 0.25) is 0 Å². The average molecular weight is 303 g/mol. The van der Waals surface area contributed by atoms with Crippen LogP contribution >= 0.6 is 0 Å². The van der Waals surface area contributed by atoms with Crippen molar-refractivity contribution in [2.24, 2.45) is 5.73 Å². The lowest BCUT2D eigenvalue weighted by Crippen LogP contribution is -2.08. The molecule has 0 atom stereocenters. The molecule has 3 N–H and O–H groups in total. The van der Waals surface area contributed by atoms with Gasteiger partial charge in [-0.05, 0) is 12.8 Å². The number of nitrogens with one attached hydrogen (secondary N) is 1. The van der Waals surface area contributed by atoms with E-state index in [0.717, 1.165) is 13.2 Å². The van der Waals surface area contributed by atoms with Gasteiger partial charge in [0.05, 0.1) is 13.2 Å². The second-order valence-corrected chi connectivity index (χ2v) is 5.70. The molecule has 0 aromatic carbocycles. The van der Waals surface area contributed by atoms with Crippen molar-refractivity contribution in [2.45, 2.75) is 77.0 Å². The normalized spacial score (nSPS) is 11.1. The molecule has 0 amide bonds. The maximum absolute atomic E-state index is 5.36. The van der Waals surface area contributed by atoms with Crippen molar-refractivity contribution in [3.8, 4) is 0 Å². The molecule has 0 fully saturated rings. The zero-order valence-electron chi connectivity index (χ0n) is 14.2. The highest BCUT2D eigenvalue weighted by molar-refractivity contribution is 4.49. The molecule has 0 aliphatic carbocycles. The molecule has 4 nitrogen and oxygen atoms in total. The minimum Gasteiger partial charge on any atom is -0.380 e. The Kier molecular flexibility index (Phi) is 19.7. The fraction of sp³-hybridized carbons (Fsp3) is 1.00. The van der Waals surface area contributed by atoms with Crippen LogP contribution in [0, 0.1) is 0 Å². The first-order valence-corrected chi connectivity index (χ1v) is 8.98. The molecule has 0 heterocycles. The van der Waals surface area contributed by atoms with Gasteiger partial charge in [-0.15, -0.1) is 0 Å². The second kappa shape index (κ2) is 19.8. The summed E-state index contributed by atoms with van der Waals surface area (Å²) in [5, 5.41) is 0. The number of hydrogen-bond acceptors (Lipinski definition) is 4. The summed E-state index contributed by atoms with van der Waals surface area (Å²) in [7, 11) is 1.82. The molecule has 0 aromatic heterocycles. The van der Waals surface area contributed by atoms with Gasteiger partial charge in [0.1, 0.15) is 0 Å². The van der Waals surface area contributed by atoms with Crippen molar-refractivity contribution in [1.29, 1.82) is 0 Å². The van der Waals surface area contributed by atoms with Crippen LogP contribution in [0.15, 0.2) is 0 Å². The first-order valence-electron chi connectivity index (χ1n) is 8.98. The zero-order chi connectivity index (χ0) is 15.4. The first-order chi connectivity index (χ1) is 10.4. The first kappa shape index (κ1) is 20.8. The Bertz CT molecular complexity index is 162. The molecule has 0 saturated heterocycles. The van der Waals surface area contributed by atoms with E-state index >= 15 is 0 Å². The van der Waals surface area contributed by atoms with Crippen molar-refractivity contribution in [1.82, 2.24) is 5.48 Å². The topological polar surface area (TPSA) is 56.5 Å². The van der Waals surface area contributed by atoms with Gasteiger partial charge in [-0.3, -0.25) is 0 Å². The summed E-state index contributed by atoms with van der Waals surface area (Å²) >= 11 is 0. The molecule has 0 spiro atoms. The Morgan fingerprint density at radius 2 is 1.05 bits per heavy atom. The molecule has 0 aliphatic rings. The van der Waals surface area contributed by atoms with Crippen LogP contribution in [0.1, 0.15) is 77.0 Å². The van der Waals surface area contributed by atoms with Gasteiger partial charge in [0, 0.05) is 20.2 Å². The summed E-state index contributed by atoms with van der Waals surface area (Å²) in [5.41, 5.74) is 8.07. The highest BCUT2D eigenvalue weighted by atomic mass is 16.6. The number of unbranched alkanes of at least 4 members (excludes halogenated alkanes) is 11. The maximum atomic E-state index is 5.36. The molecule has 128 valence electrons. The summed E-state index contributed by atoms with van der Waals surface area (Å²) in [5.74, 6) is 0. The molecule has 0 saturated carbocycles. The van der Waals surface area contributed by atoms with E-state index in [9.17, 15) is 0 Å². The molecular formula is C17H38N2O2. The summed E-state index contributed by atoms with van der Waals surface area (Å²) < 4.78 is 5.36. The monoisotopic (exact) mass is 302 g/mol. The van der Waals surface area contributed by atoms with E-state index in [1.54, 1.807) is 0 Å². The summed E-state index contributed by atoms with van der Waals surface area (Å²) in [4.78, 5) is 5.09. The van der Waals surface area contributed by atoms with Crippen molar-refractivity contribution in [3.63, 3.8) is 0 Å². The zero-order valence-corrected chi connectivity index (χ0v) is 14.2. The predicted octanol–water partition coefficient (Wildman–Crippen LogP) is 3.79. The Hall–Kier alpha value is -0.160. The van der Waals surface area contributed by atoms with E-state index in [1.165, 1.54) is 77.0 Å². The Balaban J connectivity index is 2.90. The van der Waals surface area contributed by atoms with E-state index < -0.39 is 0 Å². The number of hydroxylamine groups is 1. The van der Waals surface area contributed by atoms with Gasteiger partial charge in [-0.1, -0.05) is 64.2 Å². The van der Waals surface area contributed by atoms with Gasteiger partial charge in [0.15, 0.2) is 0 Å². The molecule has 0 rings (SSSR count). The summed E-state index contributed by atoms with van der Waals surface area (Å²) in [6.45, 7) is 3.08. The SMILES string of the molecule is CNOCCCCCCCCCCCCCCOCCN. The third-order valence-corrected chi connectivity index (χ3v) is 3.69. The van der Waals surface area contributed by atoms with Gasteiger partial charge < -0.3 is 15.3 Å². The van der Waals surface area contributed by atoms with Crippen molar-refractivity contribution < 1.29 is 9.57 Å². The third kappa shape index (κ3) is 19.8. The fourth-order valence-corrected chi connectivity index (χ4v) is 2.43. The summed E-state index contributed by atoms with van der Waals surface area (Å²) in [6, 6.07) is 0. The molecule has 0 aliphatic heterocycles. The van der Waals surface area contributed by atoms with Gasteiger partial charge in [-0.2, -0.15) is 0 Å². The number of rotatable bonds is 18. The van der Waals surface area contributed by atoms with Crippen LogP contribution in [0.5, 0.6) is 0 Å². The second-order valence-electron chi connectivity index (χ2n) is 5.70. The standard InChI is InChI=1S/C17H38N2O2/c1-19-21-16-13-11-9-7-5-3-2-4-6-8-10-12-15-20-17-14-18/h19H,2-18H2,1H3. The van der Waals surface area contributed by atoms with Crippen LogP contribution in [0.4, 0.5) is 0 Å². The van der Waals surface area contributed by atoms with Crippen LogP contribution in [-0.2, 0) is 9.57 Å². The average Bonchev–Trinajstić information content (AvgIpc) is 2.50. The Morgan fingerprint density at radius 1 is 0.619 bits per heavy atom. The van der Waals surface area contributed by atoms with Crippen LogP contribution in [0.3, 0.4) is 0 Å². The minimum absolute atomic E-state index is 0.643. The molecular weight excluding hydrogens is 264 g/mol. The van der Waals surface area contributed by atoms with Crippen LogP contribution in [-0.4, -0.2) is 33.4 Å². The third-order valence-electron chi connectivity index (χ3n) is 3.69. The van der Waals surface area contributed by atoms with Crippen molar-refractivity contribution >= 4 is 0 Å². The van der Waals surface area contributed by atoms with Gasteiger partial charge in [-0.25, -0.2) is 5.48 Å². The Labute approximate surface area is 132 Å². The van der Waals surface area contributed by atoms with E-state index in [-0.39, 0.29) is 0 Å². The highest BCUT2D eigenvalue weighted by Crippen LogP contribution is 2.11. The molecule has 0 radical (unpaired) electrons. The largest absolute Gasteiger partial charge is 0.380 e. The molecule has 0 aromatic rings. The lowest BCUT2D eigenvalue weighted by molar-refractivity contribution is 0.0550. The van der Waals surface area contributed by atoms with E-state index in [4.69, 9.17) is 15.3 Å². The van der Waals surface area contributed by atoms with Gasteiger partial charge in [0.2, 0.25) is 0 Å². The lowest BCUT2D eigenvalue weighted by atomic mass is 10.1. The van der Waals surface area contributed by atoms with Crippen LogP contribution in [0.25, 0.3) is 0 Å². The molecule has 0 bridgehead atoms. The summed E-state index contributed by atoms with van der Waals surface area (Å²) in [6.07, 6.45) is 16.1. The molecule has 21 heavy (non-hydrogen) atoms. The van der Waals surface area contributed by atoms with Gasteiger partial charge in [0.25, 0.3) is 0 Å². The number of hydrogen-bond donors (Lipinski definition) is 2. The van der Waals surface area contributed by atoms with E-state index in [2.05, 4.69) is 5.48 Å². The molecule has 4 heteroatoms. The Morgan fingerprint density at radius 3 is 1.48 bits per heavy atom. The maximum Gasteiger partial charge on any atom is 0.0682 e. The van der Waals surface area contributed by atoms with E-state index in [0.29, 0.717) is 13.2 Å².